The van der Waals surface area contributed by atoms with Crippen LogP contribution in [0.1, 0.15) is 52.9 Å². The van der Waals surface area contributed by atoms with Crippen LogP contribution < -0.4 is 5.32 Å². The van der Waals surface area contributed by atoms with Crippen molar-refractivity contribution in [3.8, 4) is 0 Å². The summed E-state index contributed by atoms with van der Waals surface area (Å²) in [6.07, 6.45) is 5.85. The first-order valence-electron chi connectivity index (χ1n) is 7.74. The summed E-state index contributed by atoms with van der Waals surface area (Å²) in [5, 5.41) is 11.9. The number of carboxylic acids is 1. The molecule has 2 N–H and O–H groups in total. The molecule has 1 aliphatic heterocycles. The van der Waals surface area contributed by atoms with E-state index in [0.717, 1.165) is 12.8 Å². The average molecular weight is 284 g/mol. The van der Waals surface area contributed by atoms with Crippen LogP contribution in [0.4, 0.5) is 4.79 Å². The Morgan fingerprint density at radius 3 is 2.45 bits per heavy atom. The highest BCUT2D eigenvalue weighted by atomic mass is 16.4. The lowest BCUT2D eigenvalue weighted by molar-refractivity contribution is -0.144. The van der Waals surface area contributed by atoms with E-state index < -0.39 is 5.97 Å². The van der Waals surface area contributed by atoms with Crippen LogP contribution in [0, 0.1) is 11.8 Å². The molecule has 0 bridgehead atoms. The predicted molar refractivity (Wildman–Crippen MR) is 78.6 cm³/mol. The minimum absolute atomic E-state index is 0.0539. The molecule has 2 atom stereocenters. The van der Waals surface area contributed by atoms with Gasteiger partial charge in [-0.25, -0.2) is 4.79 Å². The normalized spacial score (nSPS) is 18.2. The second kappa shape index (κ2) is 8.12. The van der Waals surface area contributed by atoms with E-state index >= 15 is 0 Å². The molecule has 20 heavy (non-hydrogen) atoms. The Morgan fingerprint density at radius 1 is 1.25 bits per heavy atom. The quantitative estimate of drug-likeness (QED) is 0.673. The van der Waals surface area contributed by atoms with E-state index in [0.29, 0.717) is 13.1 Å². The summed E-state index contributed by atoms with van der Waals surface area (Å²) >= 11 is 0. The summed E-state index contributed by atoms with van der Waals surface area (Å²) in [6.45, 7) is 7.03. The standard InChI is InChI=1S/C15H28N2O3/c1-4-5-6-7-8-11(2)16-15(20)17-9-13(10-17)12(3)14(18)19/h11-13H,4-10H2,1-3H3,(H,16,20)(H,18,19). The lowest BCUT2D eigenvalue weighted by Gasteiger charge is -2.41. The van der Waals surface area contributed by atoms with Gasteiger partial charge in [0.1, 0.15) is 0 Å². The van der Waals surface area contributed by atoms with Gasteiger partial charge >= 0.3 is 12.0 Å². The Kier molecular flexibility index (Phi) is 6.82. The monoisotopic (exact) mass is 284 g/mol. The first-order valence-corrected chi connectivity index (χ1v) is 7.74. The van der Waals surface area contributed by atoms with Crippen molar-refractivity contribution in [1.29, 1.82) is 0 Å². The van der Waals surface area contributed by atoms with Crippen LogP contribution in [-0.4, -0.2) is 41.1 Å². The molecule has 5 nitrogen and oxygen atoms in total. The smallest absolute Gasteiger partial charge is 0.317 e. The number of nitrogens with one attached hydrogen (secondary N) is 1. The summed E-state index contributed by atoms with van der Waals surface area (Å²) in [5.74, 6) is -1.05. The summed E-state index contributed by atoms with van der Waals surface area (Å²) in [6, 6.07) is 0.136. The molecule has 2 unspecified atom stereocenters. The van der Waals surface area contributed by atoms with E-state index in [2.05, 4.69) is 12.2 Å². The molecular formula is C15H28N2O3. The molecular weight excluding hydrogens is 256 g/mol. The van der Waals surface area contributed by atoms with Crippen LogP contribution in [0.25, 0.3) is 0 Å². The Labute approximate surface area is 121 Å². The third-order valence-electron chi connectivity index (χ3n) is 4.15. The number of rotatable bonds is 8. The fourth-order valence-corrected chi connectivity index (χ4v) is 2.45. The van der Waals surface area contributed by atoms with Crippen molar-refractivity contribution in [2.24, 2.45) is 11.8 Å². The molecule has 1 saturated heterocycles. The van der Waals surface area contributed by atoms with Crippen molar-refractivity contribution in [1.82, 2.24) is 10.2 Å². The molecule has 0 aromatic rings. The molecule has 0 spiro atoms. The van der Waals surface area contributed by atoms with E-state index in [1.807, 2.05) is 6.92 Å². The van der Waals surface area contributed by atoms with Gasteiger partial charge in [0.15, 0.2) is 0 Å². The number of carbonyl (C=O) groups is 2. The van der Waals surface area contributed by atoms with Gasteiger partial charge in [-0.1, -0.05) is 39.5 Å². The van der Waals surface area contributed by atoms with Gasteiger partial charge in [0, 0.05) is 25.0 Å². The van der Waals surface area contributed by atoms with Crippen LogP contribution in [0.3, 0.4) is 0 Å². The summed E-state index contributed by atoms with van der Waals surface area (Å²) in [5.41, 5.74) is 0. The topological polar surface area (TPSA) is 69.6 Å². The number of urea groups is 1. The van der Waals surface area contributed by atoms with Crippen LogP contribution in [-0.2, 0) is 4.79 Å². The minimum atomic E-state index is -0.778. The first-order chi connectivity index (χ1) is 9.45. The highest BCUT2D eigenvalue weighted by Crippen LogP contribution is 2.24. The van der Waals surface area contributed by atoms with Gasteiger partial charge in [0.05, 0.1) is 5.92 Å². The third-order valence-corrected chi connectivity index (χ3v) is 4.15. The lowest BCUT2D eigenvalue weighted by atomic mass is 9.87. The number of hydrogen-bond donors (Lipinski definition) is 2. The van der Waals surface area contributed by atoms with Gasteiger partial charge in [-0.2, -0.15) is 0 Å². The van der Waals surface area contributed by atoms with E-state index in [1.54, 1.807) is 11.8 Å². The molecule has 0 aliphatic carbocycles. The minimum Gasteiger partial charge on any atom is -0.481 e. The van der Waals surface area contributed by atoms with Crippen molar-refractivity contribution in [2.75, 3.05) is 13.1 Å². The summed E-state index contributed by atoms with van der Waals surface area (Å²) < 4.78 is 0. The van der Waals surface area contributed by atoms with Gasteiger partial charge in [-0.3, -0.25) is 4.79 Å². The molecule has 0 aromatic carbocycles. The molecule has 0 aromatic heterocycles. The Bertz CT molecular complexity index is 327. The fraction of sp³-hybridized carbons (Fsp3) is 0.867. The number of hydrogen-bond acceptors (Lipinski definition) is 2. The molecule has 116 valence electrons. The highest BCUT2D eigenvalue weighted by molar-refractivity contribution is 5.76. The summed E-state index contributed by atoms with van der Waals surface area (Å²) in [4.78, 5) is 24.5. The van der Waals surface area contributed by atoms with Crippen LogP contribution in [0.15, 0.2) is 0 Å². The number of amides is 2. The van der Waals surface area contributed by atoms with Crippen molar-refractivity contribution >= 4 is 12.0 Å². The van der Waals surface area contributed by atoms with Crippen molar-refractivity contribution < 1.29 is 14.7 Å². The number of nitrogens with zero attached hydrogens (tertiary/aromatic N) is 1. The Morgan fingerprint density at radius 2 is 1.90 bits per heavy atom. The number of aliphatic carboxylic acids is 1. The number of likely N-dealkylation sites (tertiary alicyclic amines) is 1. The molecule has 1 aliphatic rings. The van der Waals surface area contributed by atoms with Crippen LogP contribution >= 0.6 is 0 Å². The van der Waals surface area contributed by atoms with E-state index in [4.69, 9.17) is 5.11 Å². The average Bonchev–Trinajstić information content (AvgIpc) is 2.32. The van der Waals surface area contributed by atoms with Crippen molar-refractivity contribution in [3.63, 3.8) is 0 Å². The largest absolute Gasteiger partial charge is 0.481 e. The number of unbranched alkanes of at least 4 members (excludes halogenated alkanes) is 3. The molecule has 5 heteroatoms. The number of carboxylic acid groups (broad SMARTS) is 1. The van der Waals surface area contributed by atoms with Gasteiger partial charge in [-0.05, 0) is 13.3 Å². The number of carbonyl (C=O) groups excluding carboxylic acids is 1. The molecule has 0 radical (unpaired) electrons. The maximum Gasteiger partial charge on any atom is 0.317 e. The first kappa shape index (κ1) is 16.8. The van der Waals surface area contributed by atoms with E-state index in [1.165, 1.54) is 19.3 Å². The molecule has 1 fully saturated rings. The second-order valence-electron chi connectivity index (χ2n) is 5.99. The zero-order valence-corrected chi connectivity index (χ0v) is 12.9. The zero-order chi connectivity index (χ0) is 15.1. The highest BCUT2D eigenvalue weighted by Gasteiger charge is 2.37. The predicted octanol–water partition coefficient (Wildman–Crippen LogP) is 2.71. The van der Waals surface area contributed by atoms with Crippen molar-refractivity contribution in [2.45, 2.75) is 58.9 Å². The molecule has 0 saturated carbocycles. The van der Waals surface area contributed by atoms with E-state index in [-0.39, 0.29) is 23.9 Å². The zero-order valence-electron chi connectivity index (χ0n) is 12.9. The SMILES string of the molecule is CCCCCCC(C)NC(=O)N1CC(C(C)C(=O)O)C1. The molecule has 2 amide bonds. The van der Waals surface area contributed by atoms with Gasteiger partial charge < -0.3 is 15.3 Å². The van der Waals surface area contributed by atoms with Gasteiger partial charge in [0.2, 0.25) is 0 Å². The van der Waals surface area contributed by atoms with Crippen LogP contribution in [0.5, 0.6) is 0 Å². The Balaban J connectivity index is 2.17. The maximum absolute atomic E-state index is 11.9. The van der Waals surface area contributed by atoms with E-state index in [9.17, 15) is 9.59 Å². The fourth-order valence-electron chi connectivity index (χ4n) is 2.45. The van der Waals surface area contributed by atoms with Crippen LogP contribution in [0.2, 0.25) is 0 Å². The lowest BCUT2D eigenvalue weighted by Crippen LogP contribution is -2.57. The second-order valence-corrected chi connectivity index (χ2v) is 5.99. The van der Waals surface area contributed by atoms with Crippen molar-refractivity contribution in [3.05, 3.63) is 0 Å². The molecule has 1 rings (SSSR count). The summed E-state index contributed by atoms with van der Waals surface area (Å²) in [7, 11) is 0. The maximum atomic E-state index is 11.9. The van der Waals surface area contributed by atoms with Gasteiger partial charge in [-0.15, -0.1) is 0 Å². The third kappa shape index (κ3) is 5.02. The molecule has 1 heterocycles. The van der Waals surface area contributed by atoms with Gasteiger partial charge in [0.25, 0.3) is 0 Å². The Hall–Kier alpha value is -1.26.